The van der Waals surface area contributed by atoms with Gasteiger partial charge < -0.3 is 23.9 Å². The number of nitriles is 1. The molecule has 35 heavy (non-hydrogen) atoms. The van der Waals surface area contributed by atoms with Crippen LogP contribution in [-0.2, 0) is 16.1 Å². The quantitative estimate of drug-likeness (QED) is 0.168. The predicted octanol–water partition coefficient (Wildman–Crippen LogP) is 4.96. The Morgan fingerprint density at radius 3 is 2.60 bits per heavy atom. The Morgan fingerprint density at radius 2 is 1.91 bits per heavy atom. The lowest BCUT2D eigenvalue weighted by Gasteiger charge is -2.12. The van der Waals surface area contributed by atoms with Gasteiger partial charge in [0.15, 0.2) is 18.1 Å². The number of carbonyl (C=O) groups is 2. The number of halogens is 1. The number of nitrogens with one attached hydrogen (secondary N) is 1. The molecule has 0 radical (unpaired) electrons. The van der Waals surface area contributed by atoms with E-state index in [-0.39, 0.29) is 24.5 Å². The van der Waals surface area contributed by atoms with Gasteiger partial charge in [-0.15, -0.1) is 0 Å². The number of carbonyl (C=O) groups excluding carboxylic acids is 2. The highest BCUT2D eigenvalue weighted by Gasteiger charge is 2.15. The zero-order valence-corrected chi connectivity index (χ0v) is 20.8. The number of hydrogen-bond acceptors (Lipinski definition) is 7. The first kappa shape index (κ1) is 25.6. The van der Waals surface area contributed by atoms with Crippen molar-refractivity contribution in [3.63, 3.8) is 0 Å². The summed E-state index contributed by atoms with van der Waals surface area (Å²) in [5.74, 6) is 0.417. The fourth-order valence-corrected chi connectivity index (χ4v) is 3.58. The first-order valence-electron chi connectivity index (χ1n) is 10.7. The van der Waals surface area contributed by atoms with Gasteiger partial charge in [0.25, 0.3) is 5.91 Å². The number of esters is 1. The van der Waals surface area contributed by atoms with Crippen LogP contribution in [0.25, 0.3) is 6.08 Å². The molecule has 0 aliphatic carbocycles. The number of ether oxygens (including phenoxy) is 3. The number of amides is 1. The van der Waals surface area contributed by atoms with Gasteiger partial charge in [-0.25, -0.2) is 4.79 Å². The van der Waals surface area contributed by atoms with Crippen LogP contribution in [0.2, 0.25) is 0 Å². The van der Waals surface area contributed by atoms with Crippen LogP contribution in [0.1, 0.15) is 23.8 Å². The molecule has 2 aromatic carbocycles. The van der Waals surface area contributed by atoms with Crippen molar-refractivity contribution in [3.8, 4) is 23.3 Å². The molecule has 1 heterocycles. The van der Waals surface area contributed by atoms with Crippen molar-refractivity contribution in [1.29, 1.82) is 5.26 Å². The summed E-state index contributed by atoms with van der Waals surface area (Å²) in [4.78, 5) is 24.7. The third kappa shape index (κ3) is 7.48. The van der Waals surface area contributed by atoms with E-state index in [1.54, 1.807) is 37.3 Å². The van der Waals surface area contributed by atoms with Crippen LogP contribution in [0.15, 0.2) is 69.3 Å². The molecule has 3 rings (SSSR count). The van der Waals surface area contributed by atoms with E-state index in [4.69, 9.17) is 18.6 Å². The van der Waals surface area contributed by atoms with Gasteiger partial charge in [0, 0.05) is 0 Å². The van der Waals surface area contributed by atoms with Crippen LogP contribution < -0.4 is 19.5 Å². The molecule has 1 N–H and O–H groups in total. The van der Waals surface area contributed by atoms with Gasteiger partial charge >= 0.3 is 5.97 Å². The Labute approximate surface area is 211 Å². The largest absolute Gasteiger partial charge is 0.490 e. The van der Waals surface area contributed by atoms with Crippen molar-refractivity contribution in [3.05, 3.63) is 81.7 Å². The molecular formula is C26H23BrN2O6. The molecule has 9 heteroatoms. The van der Waals surface area contributed by atoms with Crippen molar-refractivity contribution in [1.82, 2.24) is 5.32 Å². The second kappa shape index (κ2) is 12.4. The summed E-state index contributed by atoms with van der Waals surface area (Å²) in [7, 11) is 0. The van der Waals surface area contributed by atoms with Gasteiger partial charge in [0.1, 0.15) is 23.2 Å². The fourth-order valence-electron chi connectivity index (χ4n) is 2.97. The summed E-state index contributed by atoms with van der Waals surface area (Å²) in [5.41, 5.74) is 1.48. The van der Waals surface area contributed by atoms with Crippen molar-refractivity contribution >= 4 is 33.9 Å². The molecule has 3 aromatic rings. The molecule has 0 saturated heterocycles. The Hall–Kier alpha value is -4.03. The van der Waals surface area contributed by atoms with Crippen LogP contribution in [-0.4, -0.2) is 25.1 Å². The zero-order chi connectivity index (χ0) is 25.2. The maximum atomic E-state index is 12.4. The fraction of sp³-hybridized carbons (Fsp3) is 0.192. The average molecular weight is 539 g/mol. The van der Waals surface area contributed by atoms with Gasteiger partial charge in [0.2, 0.25) is 0 Å². The molecule has 1 amide bonds. The van der Waals surface area contributed by atoms with E-state index in [9.17, 15) is 14.9 Å². The Kier molecular flexibility index (Phi) is 9.09. The van der Waals surface area contributed by atoms with E-state index >= 15 is 0 Å². The first-order chi connectivity index (χ1) is 16.9. The molecular weight excluding hydrogens is 516 g/mol. The Morgan fingerprint density at radius 1 is 1.11 bits per heavy atom. The van der Waals surface area contributed by atoms with Gasteiger partial charge in [-0.2, -0.15) is 5.26 Å². The molecule has 0 aliphatic heterocycles. The van der Waals surface area contributed by atoms with E-state index in [1.165, 1.54) is 18.4 Å². The average Bonchev–Trinajstić information content (AvgIpc) is 3.36. The number of aryl methyl sites for hydroxylation is 1. The Bertz CT molecular complexity index is 1260. The first-order valence-corrected chi connectivity index (χ1v) is 11.5. The van der Waals surface area contributed by atoms with E-state index < -0.39 is 11.9 Å². The van der Waals surface area contributed by atoms with Crippen LogP contribution in [0.4, 0.5) is 0 Å². The minimum absolute atomic E-state index is 0.0965. The topological polar surface area (TPSA) is 111 Å². The minimum atomic E-state index is -0.614. The normalized spacial score (nSPS) is 10.9. The Balaban J connectivity index is 1.68. The van der Waals surface area contributed by atoms with Gasteiger partial charge in [-0.1, -0.05) is 12.1 Å². The molecule has 180 valence electrons. The maximum Gasteiger partial charge on any atom is 0.349 e. The van der Waals surface area contributed by atoms with Crippen molar-refractivity contribution < 1.29 is 28.2 Å². The summed E-state index contributed by atoms with van der Waals surface area (Å²) < 4.78 is 22.5. The molecule has 1 aromatic heterocycles. The van der Waals surface area contributed by atoms with Crippen molar-refractivity contribution in [2.45, 2.75) is 20.4 Å². The van der Waals surface area contributed by atoms with E-state index in [0.717, 1.165) is 10.0 Å². The summed E-state index contributed by atoms with van der Waals surface area (Å²) in [6.07, 6.45) is 2.92. The number of nitrogens with zero attached hydrogens (tertiary/aromatic N) is 1. The zero-order valence-electron chi connectivity index (χ0n) is 19.2. The van der Waals surface area contributed by atoms with Crippen molar-refractivity contribution in [2.75, 3.05) is 13.2 Å². The second-order valence-corrected chi connectivity index (χ2v) is 8.12. The van der Waals surface area contributed by atoms with Gasteiger partial charge in [-0.05, 0) is 83.4 Å². The van der Waals surface area contributed by atoms with Crippen LogP contribution in [0, 0.1) is 18.3 Å². The lowest BCUT2D eigenvalue weighted by Crippen LogP contribution is -2.23. The van der Waals surface area contributed by atoms with E-state index in [0.29, 0.717) is 29.4 Å². The molecule has 0 saturated carbocycles. The molecule has 0 fully saturated rings. The maximum absolute atomic E-state index is 12.4. The number of furan rings is 1. The van der Waals surface area contributed by atoms with Crippen LogP contribution >= 0.6 is 15.9 Å². The molecule has 0 spiro atoms. The van der Waals surface area contributed by atoms with Gasteiger partial charge in [0.05, 0.1) is 23.9 Å². The second-order valence-electron chi connectivity index (χ2n) is 7.27. The van der Waals surface area contributed by atoms with E-state index in [1.807, 2.05) is 25.1 Å². The molecule has 0 bridgehead atoms. The predicted molar refractivity (Wildman–Crippen MR) is 132 cm³/mol. The third-order valence-corrected chi connectivity index (χ3v) is 5.22. The summed E-state index contributed by atoms with van der Waals surface area (Å²) in [6.45, 7) is 3.91. The molecule has 0 atom stereocenters. The smallest absolute Gasteiger partial charge is 0.349 e. The highest BCUT2D eigenvalue weighted by atomic mass is 79.9. The standard InChI is InChI=1S/C26H23BrN2O6/c1-3-32-24-13-18(12-19(14-28)26(31)29-15-20-5-4-10-33-20)7-9-23(24)35-25(30)16-34-22-8-6-17(2)11-21(22)27/h4-13H,3,15-16H2,1-2H3,(H,29,31)/b19-12+. The molecule has 0 aliphatic rings. The summed E-state index contributed by atoms with van der Waals surface area (Å²) in [5, 5.41) is 12.1. The van der Waals surface area contributed by atoms with Crippen LogP contribution in [0.5, 0.6) is 17.2 Å². The lowest BCUT2D eigenvalue weighted by atomic mass is 10.1. The number of rotatable bonds is 10. The van der Waals surface area contributed by atoms with Crippen LogP contribution in [0.3, 0.4) is 0 Å². The molecule has 0 unspecified atom stereocenters. The highest BCUT2D eigenvalue weighted by molar-refractivity contribution is 9.10. The lowest BCUT2D eigenvalue weighted by molar-refractivity contribution is -0.136. The monoisotopic (exact) mass is 538 g/mol. The highest BCUT2D eigenvalue weighted by Crippen LogP contribution is 2.30. The van der Waals surface area contributed by atoms with Gasteiger partial charge in [-0.3, -0.25) is 4.79 Å². The number of hydrogen-bond donors (Lipinski definition) is 1. The summed E-state index contributed by atoms with van der Waals surface area (Å²) >= 11 is 3.40. The number of benzene rings is 2. The van der Waals surface area contributed by atoms with E-state index in [2.05, 4.69) is 21.2 Å². The third-order valence-electron chi connectivity index (χ3n) is 4.60. The molecule has 8 nitrogen and oxygen atoms in total. The van der Waals surface area contributed by atoms with Crippen molar-refractivity contribution in [2.24, 2.45) is 0 Å². The summed E-state index contributed by atoms with van der Waals surface area (Å²) in [6, 6.07) is 15.6. The minimum Gasteiger partial charge on any atom is -0.490 e. The SMILES string of the molecule is CCOc1cc(/C=C(\C#N)C(=O)NCc2ccco2)ccc1OC(=O)COc1ccc(C)cc1Br.